The number of oxazole rings is 1. The molecule has 2 aliphatic heterocycles. The van der Waals surface area contributed by atoms with Crippen molar-refractivity contribution in [1.29, 1.82) is 0 Å². The molecule has 3 heterocycles. The first-order chi connectivity index (χ1) is 29.4. The van der Waals surface area contributed by atoms with E-state index in [9.17, 15) is 19.5 Å². The lowest BCUT2D eigenvalue weighted by molar-refractivity contribution is -0.255. The maximum Gasteiger partial charge on any atom is 0.346 e. The third kappa shape index (κ3) is 8.16. The highest BCUT2D eigenvalue weighted by Crippen LogP contribution is 2.48. The Kier molecular flexibility index (Phi) is 11.2. The largest absolute Gasteiger partial charge is 0.431 e. The lowest BCUT2D eigenvalue weighted by atomic mass is 9.84. The van der Waals surface area contributed by atoms with Crippen molar-refractivity contribution >= 4 is 29.6 Å². The van der Waals surface area contributed by atoms with Crippen LogP contribution in [0.15, 0.2) is 167 Å². The highest BCUT2D eigenvalue weighted by atomic mass is 32.2. The number of amides is 1. The third-order valence-electron chi connectivity index (χ3n) is 10.6. The zero-order chi connectivity index (χ0) is 41.0. The van der Waals surface area contributed by atoms with Crippen LogP contribution in [0.25, 0.3) is 22.6 Å². The zero-order valence-electron chi connectivity index (χ0n) is 32.1. The maximum atomic E-state index is 13.0. The summed E-state index contributed by atoms with van der Waals surface area (Å²) in [6.07, 6.45) is -1.54. The van der Waals surface area contributed by atoms with Crippen molar-refractivity contribution < 1.29 is 38.1 Å². The number of hydrogen-bond donors (Lipinski definition) is 2. The molecule has 9 rings (SSSR count). The highest BCUT2D eigenvalue weighted by molar-refractivity contribution is 7.99. The van der Waals surface area contributed by atoms with Gasteiger partial charge in [0.1, 0.15) is 5.69 Å². The highest BCUT2D eigenvalue weighted by Gasteiger charge is 2.42. The van der Waals surface area contributed by atoms with Crippen molar-refractivity contribution in [1.82, 2.24) is 10.3 Å². The number of aliphatic hydroxyl groups is 1. The normalized spacial score (nSPS) is 18.5. The second kappa shape index (κ2) is 17.3. The SMILES string of the molecule is O=C(NCc1ccc(C2OC(CSc3nc(-c4ccccc4)c(-c4ccccc4)o3)C(c3ccccc3)C(c3ccc(CO)cc3)O2)cc1)c1ccc2c(c1)C(=O)OC2=O. The van der Waals surface area contributed by atoms with Crippen LogP contribution in [0.4, 0.5) is 0 Å². The molecule has 4 atom stereocenters. The Morgan fingerprint density at radius 3 is 2.00 bits per heavy atom. The van der Waals surface area contributed by atoms with Gasteiger partial charge in [0.05, 0.1) is 29.9 Å². The molecule has 1 saturated heterocycles. The molecule has 0 aliphatic carbocycles. The molecule has 1 amide bonds. The van der Waals surface area contributed by atoms with E-state index in [-0.39, 0.29) is 41.9 Å². The summed E-state index contributed by atoms with van der Waals surface area (Å²) in [5.74, 6) is -0.911. The van der Waals surface area contributed by atoms with Gasteiger partial charge in [0.25, 0.3) is 11.1 Å². The first kappa shape index (κ1) is 38.9. The number of aliphatic hydroxyl groups excluding tert-OH is 1. The molecule has 2 aliphatic rings. The van der Waals surface area contributed by atoms with E-state index in [1.54, 1.807) is 0 Å². The van der Waals surface area contributed by atoms with Gasteiger partial charge in [-0.3, -0.25) is 4.79 Å². The minimum atomic E-state index is -0.764. The van der Waals surface area contributed by atoms with Crippen molar-refractivity contribution in [2.75, 3.05) is 5.75 Å². The van der Waals surface area contributed by atoms with Crippen molar-refractivity contribution in [3.63, 3.8) is 0 Å². The lowest BCUT2D eigenvalue weighted by Crippen LogP contribution is -2.38. The van der Waals surface area contributed by atoms with E-state index in [0.717, 1.165) is 44.6 Å². The Labute approximate surface area is 350 Å². The van der Waals surface area contributed by atoms with Crippen LogP contribution in [0.1, 0.15) is 77.2 Å². The van der Waals surface area contributed by atoms with Crippen LogP contribution < -0.4 is 5.32 Å². The Hall–Kier alpha value is -6.63. The molecule has 60 heavy (non-hydrogen) atoms. The van der Waals surface area contributed by atoms with E-state index < -0.39 is 30.2 Å². The summed E-state index contributed by atoms with van der Waals surface area (Å²) in [4.78, 5) is 41.9. The van der Waals surface area contributed by atoms with E-state index in [1.165, 1.54) is 30.0 Å². The van der Waals surface area contributed by atoms with Crippen LogP contribution in [0.5, 0.6) is 0 Å². The molecule has 10 nitrogen and oxygen atoms in total. The number of ether oxygens (including phenoxy) is 3. The summed E-state index contributed by atoms with van der Waals surface area (Å²) in [6, 6.07) is 49.9. The second-order valence-electron chi connectivity index (χ2n) is 14.5. The van der Waals surface area contributed by atoms with Crippen LogP contribution in [0.3, 0.4) is 0 Å². The summed E-state index contributed by atoms with van der Waals surface area (Å²) in [7, 11) is 0. The van der Waals surface area contributed by atoms with Crippen LogP contribution in [-0.4, -0.2) is 39.8 Å². The summed E-state index contributed by atoms with van der Waals surface area (Å²) >= 11 is 1.49. The Morgan fingerprint density at radius 1 is 0.667 bits per heavy atom. The third-order valence-corrected chi connectivity index (χ3v) is 11.6. The fraction of sp³-hybridized carbons (Fsp3) is 0.143. The molecular formula is C49H38N2O8S. The van der Waals surface area contributed by atoms with Gasteiger partial charge in [0, 0.05) is 40.5 Å². The van der Waals surface area contributed by atoms with Gasteiger partial charge >= 0.3 is 11.9 Å². The number of carbonyl (C=O) groups is 3. The fourth-order valence-electron chi connectivity index (χ4n) is 7.55. The Morgan fingerprint density at radius 2 is 1.30 bits per heavy atom. The number of fused-ring (bicyclic) bond motifs is 1. The smallest absolute Gasteiger partial charge is 0.346 e. The monoisotopic (exact) mass is 814 g/mol. The Bertz CT molecular complexity index is 2580. The number of esters is 2. The molecule has 0 spiro atoms. The number of aromatic nitrogens is 1. The molecule has 4 unspecified atom stereocenters. The minimum Gasteiger partial charge on any atom is -0.431 e. The van der Waals surface area contributed by atoms with Crippen LogP contribution >= 0.6 is 11.8 Å². The number of carbonyl (C=O) groups excluding carboxylic acids is 3. The molecule has 0 radical (unpaired) electrons. The summed E-state index contributed by atoms with van der Waals surface area (Å²) in [5, 5.41) is 13.2. The first-order valence-corrected chi connectivity index (χ1v) is 20.5. The van der Waals surface area contributed by atoms with Gasteiger partial charge in [-0.2, -0.15) is 0 Å². The summed E-state index contributed by atoms with van der Waals surface area (Å²) < 4.78 is 25.0. The van der Waals surface area contributed by atoms with Gasteiger partial charge in [-0.05, 0) is 40.5 Å². The standard InChI is InChI=1S/C49H38N2O8S/c52-28-31-18-20-35(21-19-31)43-41(32-10-4-1-5-11-32)40(29-60-49-51-42(33-12-6-2-7-13-33)44(58-49)34-14-8-3-9-15-34)56-48(57-43)36-22-16-30(17-23-36)27-50-45(53)37-24-25-38-39(26-37)47(55)59-46(38)54/h1-26,40-41,43,48,52H,27-29H2,(H,50,53). The van der Waals surface area contributed by atoms with Crippen LogP contribution in [-0.2, 0) is 27.4 Å². The summed E-state index contributed by atoms with van der Waals surface area (Å²) in [6.45, 7) is 0.147. The number of hydrogen-bond acceptors (Lipinski definition) is 10. The van der Waals surface area contributed by atoms with Gasteiger partial charge in [-0.15, -0.1) is 0 Å². The van der Waals surface area contributed by atoms with E-state index in [0.29, 0.717) is 16.7 Å². The molecule has 6 aromatic carbocycles. The number of rotatable bonds is 12. The van der Waals surface area contributed by atoms with Crippen molar-refractivity contribution in [3.05, 3.63) is 202 Å². The molecule has 1 aromatic heterocycles. The topological polar surface area (TPSA) is 137 Å². The fourth-order valence-corrected chi connectivity index (χ4v) is 8.44. The van der Waals surface area contributed by atoms with Gasteiger partial charge in [0.15, 0.2) is 12.1 Å². The average molecular weight is 815 g/mol. The predicted octanol–water partition coefficient (Wildman–Crippen LogP) is 9.47. The molecule has 1 fully saturated rings. The van der Waals surface area contributed by atoms with E-state index >= 15 is 0 Å². The van der Waals surface area contributed by atoms with E-state index in [1.807, 2.05) is 127 Å². The van der Waals surface area contributed by atoms with E-state index in [2.05, 4.69) is 22.2 Å². The van der Waals surface area contributed by atoms with Gasteiger partial charge in [-0.1, -0.05) is 151 Å². The molecule has 2 N–H and O–H groups in total. The number of nitrogens with zero attached hydrogens (tertiary/aromatic N) is 1. The van der Waals surface area contributed by atoms with Crippen molar-refractivity contribution in [2.24, 2.45) is 0 Å². The average Bonchev–Trinajstić information content (AvgIpc) is 3.87. The Balaban J connectivity index is 0.991. The molecule has 298 valence electrons. The number of cyclic esters (lactones) is 2. The van der Waals surface area contributed by atoms with Crippen LogP contribution in [0, 0.1) is 0 Å². The molecule has 7 aromatic rings. The molecule has 0 saturated carbocycles. The molecule has 0 bridgehead atoms. The van der Waals surface area contributed by atoms with Gasteiger partial charge in [-0.25, -0.2) is 14.6 Å². The lowest BCUT2D eigenvalue weighted by Gasteiger charge is -2.43. The predicted molar refractivity (Wildman–Crippen MR) is 225 cm³/mol. The van der Waals surface area contributed by atoms with Crippen molar-refractivity contribution in [3.8, 4) is 22.6 Å². The zero-order valence-corrected chi connectivity index (χ0v) is 32.9. The molecule has 11 heteroatoms. The quantitative estimate of drug-likeness (QED) is 0.0697. The first-order valence-electron chi connectivity index (χ1n) is 19.5. The van der Waals surface area contributed by atoms with E-state index in [4.69, 9.17) is 18.9 Å². The molecular weight excluding hydrogens is 777 g/mol. The number of benzene rings is 6. The van der Waals surface area contributed by atoms with Gasteiger partial charge in [0.2, 0.25) is 0 Å². The maximum absolute atomic E-state index is 13.0. The van der Waals surface area contributed by atoms with Crippen molar-refractivity contribution in [2.45, 2.75) is 42.8 Å². The van der Waals surface area contributed by atoms with Crippen LogP contribution in [0.2, 0.25) is 0 Å². The number of thioether (sulfide) groups is 1. The van der Waals surface area contributed by atoms with Gasteiger partial charge < -0.3 is 29.1 Å². The minimum absolute atomic E-state index is 0.0687. The second-order valence-corrected chi connectivity index (χ2v) is 15.4. The summed E-state index contributed by atoms with van der Waals surface area (Å²) in [5.41, 5.74) is 7.54. The number of nitrogens with one attached hydrogen (secondary N) is 1.